The first kappa shape index (κ1) is 15.5. The van der Waals surface area contributed by atoms with E-state index >= 15 is 0 Å². The normalized spacial score (nSPS) is 17.3. The van der Waals surface area contributed by atoms with Gasteiger partial charge in [-0.2, -0.15) is 5.10 Å². The van der Waals surface area contributed by atoms with Crippen molar-refractivity contribution in [1.29, 1.82) is 0 Å². The summed E-state index contributed by atoms with van der Waals surface area (Å²) in [6.45, 7) is 3.54. The van der Waals surface area contributed by atoms with Crippen molar-refractivity contribution in [3.8, 4) is 11.4 Å². The molecule has 1 aliphatic heterocycles. The predicted molar refractivity (Wildman–Crippen MR) is 83.4 cm³/mol. The third-order valence-electron chi connectivity index (χ3n) is 3.44. The van der Waals surface area contributed by atoms with Crippen molar-refractivity contribution in [3.63, 3.8) is 0 Å². The van der Waals surface area contributed by atoms with Crippen LogP contribution in [-0.2, 0) is 4.79 Å². The van der Waals surface area contributed by atoms with Crippen LogP contribution in [0.2, 0.25) is 0 Å². The van der Waals surface area contributed by atoms with Crippen LogP contribution in [0.15, 0.2) is 24.3 Å². The second-order valence-corrected chi connectivity index (χ2v) is 5.00. The molecule has 7 heteroatoms. The molecule has 2 aromatic rings. The Hall–Kier alpha value is -1.92. The number of H-pyrrole nitrogens is 1. The van der Waals surface area contributed by atoms with Gasteiger partial charge in [-0.1, -0.05) is 0 Å². The second-order valence-electron chi connectivity index (χ2n) is 5.00. The Morgan fingerprint density at radius 1 is 1.33 bits per heavy atom. The minimum absolute atomic E-state index is 0. The van der Waals surface area contributed by atoms with Crippen molar-refractivity contribution in [2.75, 3.05) is 18.4 Å². The summed E-state index contributed by atoms with van der Waals surface area (Å²) in [5.41, 5.74) is 1.73. The predicted octanol–water partition coefficient (Wildman–Crippen LogP) is 1.75. The number of aromatic nitrogens is 3. The molecule has 112 valence electrons. The summed E-state index contributed by atoms with van der Waals surface area (Å²) in [5, 5.41) is 13.1. The van der Waals surface area contributed by atoms with Crippen molar-refractivity contribution >= 4 is 24.0 Å². The Kier molecular flexibility index (Phi) is 4.93. The first-order chi connectivity index (χ1) is 9.72. The minimum Gasteiger partial charge on any atom is -0.326 e. The lowest BCUT2D eigenvalue weighted by atomic mass is 10.1. The zero-order valence-corrected chi connectivity index (χ0v) is 12.5. The van der Waals surface area contributed by atoms with Crippen LogP contribution < -0.4 is 10.6 Å². The fourth-order valence-electron chi connectivity index (χ4n) is 2.30. The summed E-state index contributed by atoms with van der Waals surface area (Å²) in [7, 11) is 0. The third-order valence-corrected chi connectivity index (χ3v) is 3.44. The fourth-order valence-corrected chi connectivity index (χ4v) is 2.30. The van der Waals surface area contributed by atoms with E-state index in [-0.39, 0.29) is 24.2 Å². The van der Waals surface area contributed by atoms with Crippen molar-refractivity contribution in [2.24, 2.45) is 5.92 Å². The van der Waals surface area contributed by atoms with E-state index in [1.165, 1.54) is 0 Å². The SMILES string of the molecule is Cc1nc(-c2ccc(NC(=O)C3CCNC3)cc2)n[nH]1.Cl. The Morgan fingerprint density at radius 2 is 2.10 bits per heavy atom. The van der Waals surface area contributed by atoms with Crippen LogP contribution in [0.1, 0.15) is 12.2 Å². The fraction of sp³-hybridized carbons (Fsp3) is 0.357. The molecule has 0 bridgehead atoms. The number of carbonyl (C=O) groups excluding carboxylic acids is 1. The molecule has 1 unspecified atom stereocenters. The summed E-state index contributed by atoms with van der Waals surface area (Å²) in [6, 6.07) is 7.57. The molecule has 0 saturated carbocycles. The van der Waals surface area contributed by atoms with E-state index in [2.05, 4.69) is 25.8 Å². The quantitative estimate of drug-likeness (QED) is 0.807. The molecule has 1 amide bonds. The lowest BCUT2D eigenvalue weighted by Crippen LogP contribution is -2.24. The summed E-state index contributed by atoms with van der Waals surface area (Å²) < 4.78 is 0. The average molecular weight is 308 g/mol. The summed E-state index contributed by atoms with van der Waals surface area (Å²) in [6.07, 6.45) is 0.903. The molecule has 1 aliphatic rings. The van der Waals surface area contributed by atoms with Crippen LogP contribution in [-0.4, -0.2) is 34.2 Å². The minimum atomic E-state index is 0. The summed E-state index contributed by atoms with van der Waals surface area (Å²) in [4.78, 5) is 16.3. The second kappa shape index (κ2) is 6.69. The number of carbonyl (C=O) groups is 1. The van der Waals surface area contributed by atoms with Crippen molar-refractivity contribution in [1.82, 2.24) is 20.5 Å². The van der Waals surface area contributed by atoms with E-state index < -0.39 is 0 Å². The van der Waals surface area contributed by atoms with Gasteiger partial charge in [0, 0.05) is 17.8 Å². The smallest absolute Gasteiger partial charge is 0.228 e. The van der Waals surface area contributed by atoms with Crippen LogP contribution in [0.5, 0.6) is 0 Å². The molecule has 2 heterocycles. The summed E-state index contributed by atoms with van der Waals surface area (Å²) in [5.74, 6) is 1.60. The number of amides is 1. The molecule has 1 aromatic heterocycles. The highest BCUT2D eigenvalue weighted by Crippen LogP contribution is 2.19. The van der Waals surface area contributed by atoms with Gasteiger partial charge in [-0.15, -0.1) is 12.4 Å². The third kappa shape index (κ3) is 3.59. The monoisotopic (exact) mass is 307 g/mol. The molecule has 1 saturated heterocycles. The maximum absolute atomic E-state index is 12.0. The van der Waals surface area contributed by atoms with Gasteiger partial charge in [0.1, 0.15) is 5.82 Å². The van der Waals surface area contributed by atoms with Crippen LogP contribution in [0, 0.1) is 12.8 Å². The van der Waals surface area contributed by atoms with Gasteiger partial charge < -0.3 is 10.6 Å². The van der Waals surface area contributed by atoms with E-state index in [4.69, 9.17) is 0 Å². The van der Waals surface area contributed by atoms with Gasteiger partial charge >= 0.3 is 0 Å². The molecule has 6 nitrogen and oxygen atoms in total. The Labute approximate surface area is 129 Å². The van der Waals surface area contributed by atoms with Gasteiger partial charge in [0.05, 0.1) is 5.92 Å². The Morgan fingerprint density at radius 3 is 2.67 bits per heavy atom. The van der Waals surface area contributed by atoms with Crippen LogP contribution in [0.4, 0.5) is 5.69 Å². The number of anilines is 1. The molecular formula is C14H18ClN5O. The van der Waals surface area contributed by atoms with Gasteiger partial charge in [-0.3, -0.25) is 9.89 Å². The Bertz CT molecular complexity index is 604. The molecule has 3 rings (SSSR count). The lowest BCUT2D eigenvalue weighted by molar-refractivity contribution is -0.119. The standard InChI is InChI=1S/C14H17N5O.ClH/c1-9-16-13(19-18-9)10-2-4-12(5-3-10)17-14(20)11-6-7-15-8-11;/h2-5,11,15H,6-8H2,1H3,(H,17,20)(H,16,18,19);1H. The first-order valence-electron chi connectivity index (χ1n) is 6.73. The number of hydrogen-bond donors (Lipinski definition) is 3. The molecule has 1 aromatic carbocycles. The highest BCUT2D eigenvalue weighted by molar-refractivity contribution is 5.93. The van der Waals surface area contributed by atoms with E-state index in [0.29, 0.717) is 5.82 Å². The largest absolute Gasteiger partial charge is 0.326 e. The van der Waals surface area contributed by atoms with E-state index in [0.717, 1.165) is 36.6 Å². The van der Waals surface area contributed by atoms with Gasteiger partial charge in [-0.05, 0) is 44.2 Å². The van der Waals surface area contributed by atoms with Crippen molar-refractivity contribution < 1.29 is 4.79 Å². The number of benzene rings is 1. The number of hydrogen-bond acceptors (Lipinski definition) is 4. The number of aromatic amines is 1. The first-order valence-corrected chi connectivity index (χ1v) is 6.73. The number of rotatable bonds is 3. The maximum atomic E-state index is 12.0. The van der Waals surface area contributed by atoms with Crippen molar-refractivity contribution in [2.45, 2.75) is 13.3 Å². The highest BCUT2D eigenvalue weighted by atomic mass is 35.5. The van der Waals surface area contributed by atoms with Crippen LogP contribution in [0.25, 0.3) is 11.4 Å². The molecule has 1 atom stereocenters. The number of nitrogens with zero attached hydrogens (tertiary/aromatic N) is 2. The Balaban J connectivity index is 0.00000161. The molecular weight excluding hydrogens is 290 g/mol. The average Bonchev–Trinajstić information content (AvgIpc) is 3.10. The maximum Gasteiger partial charge on any atom is 0.228 e. The zero-order valence-electron chi connectivity index (χ0n) is 11.7. The van der Waals surface area contributed by atoms with Crippen molar-refractivity contribution in [3.05, 3.63) is 30.1 Å². The molecule has 1 fully saturated rings. The van der Waals surface area contributed by atoms with Crippen LogP contribution in [0.3, 0.4) is 0 Å². The van der Waals surface area contributed by atoms with Gasteiger partial charge in [0.25, 0.3) is 0 Å². The number of aryl methyl sites for hydroxylation is 1. The van der Waals surface area contributed by atoms with E-state index in [1.807, 2.05) is 31.2 Å². The van der Waals surface area contributed by atoms with E-state index in [9.17, 15) is 4.79 Å². The van der Waals surface area contributed by atoms with Gasteiger partial charge in [0.15, 0.2) is 5.82 Å². The van der Waals surface area contributed by atoms with Gasteiger partial charge in [0.2, 0.25) is 5.91 Å². The van der Waals surface area contributed by atoms with Gasteiger partial charge in [-0.25, -0.2) is 4.98 Å². The zero-order chi connectivity index (χ0) is 13.9. The van der Waals surface area contributed by atoms with E-state index in [1.54, 1.807) is 0 Å². The summed E-state index contributed by atoms with van der Waals surface area (Å²) >= 11 is 0. The molecule has 0 spiro atoms. The number of nitrogens with one attached hydrogen (secondary N) is 3. The van der Waals surface area contributed by atoms with Crippen LogP contribution >= 0.6 is 12.4 Å². The molecule has 0 aliphatic carbocycles. The highest BCUT2D eigenvalue weighted by Gasteiger charge is 2.22. The molecule has 21 heavy (non-hydrogen) atoms. The topological polar surface area (TPSA) is 82.7 Å². The molecule has 3 N–H and O–H groups in total. The molecule has 0 radical (unpaired) electrons. The lowest BCUT2D eigenvalue weighted by Gasteiger charge is -2.09. The number of halogens is 1.